The summed E-state index contributed by atoms with van der Waals surface area (Å²) >= 11 is 0. The van der Waals surface area contributed by atoms with Gasteiger partial charge in [-0.2, -0.15) is 0 Å². The van der Waals surface area contributed by atoms with E-state index in [1.165, 1.54) is 0 Å². The third-order valence-electron chi connectivity index (χ3n) is 5.66. The Labute approximate surface area is 216 Å². The summed E-state index contributed by atoms with van der Waals surface area (Å²) in [6.07, 6.45) is 0. The second-order valence-corrected chi connectivity index (χ2v) is 7.80. The molecule has 0 aromatic heterocycles. The molecule has 4 N–H and O–H groups in total. The summed E-state index contributed by atoms with van der Waals surface area (Å²) in [5, 5.41) is 27.8. The highest BCUT2D eigenvalue weighted by atomic mass is 16.3. The monoisotopic (exact) mass is 484 g/mol. The quantitative estimate of drug-likeness (QED) is 0.198. The first kappa shape index (κ1) is 28.6. The summed E-state index contributed by atoms with van der Waals surface area (Å²) < 4.78 is 0. The van der Waals surface area contributed by atoms with Crippen molar-refractivity contribution in [2.24, 2.45) is 0 Å². The fourth-order valence-electron chi connectivity index (χ4n) is 3.94. The average Bonchev–Trinajstić information content (AvgIpc) is 2.95. The molecule has 2 atom stereocenters. The maximum absolute atomic E-state index is 10.2. The van der Waals surface area contributed by atoms with Crippen molar-refractivity contribution in [1.82, 2.24) is 10.6 Å². The smallest absolute Gasteiger partial charge is 0.120 e. The third kappa shape index (κ3) is 8.26. The molecule has 0 saturated carbocycles. The molecule has 4 rings (SSSR count). The van der Waals surface area contributed by atoms with E-state index in [2.05, 4.69) is 34.9 Å². The molecule has 0 aliphatic heterocycles. The molecule has 4 aromatic carbocycles. The van der Waals surface area contributed by atoms with Gasteiger partial charge in [0.15, 0.2) is 0 Å². The van der Waals surface area contributed by atoms with Crippen LogP contribution in [0.25, 0.3) is 0 Å². The van der Waals surface area contributed by atoms with Crippen LogP contribution in [0.5, 0.6) is 11.5 Å². The Morgan fingerprint density at radius 2 is 0.778 bits per heavy atom. The van der Waals surface area contributed by atoms with Crippen molar-refractivity contribution in [1.29, 1.82) is 0 Å². The molecule has 0 radical (unpaired) electrons. The molecule has 190 valence electrons. The van der Waals surface area contributed by atoms with Gasteiger partial charge in [-0.15, -0.1) is 0 Å². The maximum Gasteiger partial charge on any atom is 0.120 e. The molecule has 4 nitrogen and oxygen atoms in total. The number of benzene rings is 4. The number of nitrogens with one attached hydrogen (secondary N) is 2. The highest BCUT2D eigenvalue weighted by Gasteiger charge is 2.25. The van der Waals surface area contributed by atoms with Crippen LogP contribution in [0.15, 0.2) is 109 Å². The van der Waals surface area contributed by atoms with Crippen molar-refractivity contribution >= 4 is 0 Å². The number of aromatic hydroxyl groups is 2. The summed E-state index contributed by atoms with van der Waals surface area (Å²) in [6.45, 7) is 9.04. The van der Waals surface area contributed by atoms with Gasteiger partial charge in [0.1, 0.15) is 11.5 Å². The van der Waals surface area contributed by atoms with Gasteiger partial charge in [0.05, 0.1) is 12.1 Å². The summed E-state index contributed by atoms with van der Waals surface area (Å²) in [5.41, 5.74) is 3.98. The molecule has 36 heavy (non-hydrogen) atoms. The lowest BCUT2D eigenvalue weighted by Gasteiger charge is -2.30. The molecule has 0 saturated heterocycles. The fraction of sp³-hybridized carbons (Fsp3) is 0.250. The Hall–Kier alpha value is -3.60. The fourth-order valence-corrected chi connectivity index (χ4v) is 3.94. The number of rotatable bonds is 9. The van der Waals surface area contributed by atoms with E-state index in [0.29, 0.717) is 13.1 Å². The van der Waals surface area contributed by atoms with E-state index in [1.54, 1.807) is 12.1 Å². The molecule has 0 aliphatic rings. The summed E-state index contributed by atoms with van der Waals surface area (Å²) in [6, 6.07) is 35.3. The minimum atomic E-state index is -0.0657. The topological polar surface area (TPSA) is 64.5 Å². The Balaban J connectivity index is 0.00000109. The molecular formula is C32H40N2O2. The van der Waals surface area contributed by atoms with Gasteiger partial charge in [-0.1, -0.05) is 125 Å². The summed E-state index contributed by atoms with van der Waals surface area (Å²) in [4.78, 5) is 0. The molecule has 0 fully saturated rings. The Kier molecular flexibility index (Phi) is 12.8. The lowest BCUT2D eigenvalue weighted by molar-refractivity contribution is 0.373. The molecule has 0 bridgehead atoms. The summed E-state index contributed by atoms with van der Waals surface area (Å²) in [5.74, 6) is 0.565. The van der Waals surface area contributed by atoms with Gasteiger partial charge < -0.3 is 20.8 Å². The van der Waals surface area contributed by atoms with Crippen molar-refractivity contribution in [2.45, 2.75) is 52.9 Å². The van der Waals surface area contributed by atoms with Crippen LogP contribution in [0.4, 0.5) is 0 Å². The first-order chi connectivity index (χ1) is 17.7. The van der Waals surface area contributed by atoms with Crippen molar-refractivity contribution in [3.63, 3.8) is 0 Å². The largest absolute Gasteiger partial charge is 0.508 e. The minimum absolute atomic E-state index is 0.0657. The molecule has 0 spiro atoms. The van der Waals surface area contributed by atoms with E-state index >= 15 is 0 Å². The summed E-state index contributed by atoms with van der Waals surface area (Å²) in [7, 11) is 0. The van der Waals surface area contributed by atoms with Crippen molar-refractivity contribution in [3.05, 3.63) is 131 Å². The van der Waals surface area contributed by atoms with Gasteiger partial charge in [0.25, 0.3) is 0 Å². The SMILES string of the molecule is CC.CC.Oc1ccccc1CNC(c1ccccc1)[C@@H](NCc1ccccc1O)c1ccccc1. The Morgan fingerprint density at radius 1 is 0.472 bits per heavy atom. The van der Waals surface area contributed by atoms with Crippen LogP contribution in [0, 0.1) is 0 Å². The van der Waals surface area contributed by atoms with Gasteiger partial charge in [0.2, 0.25) is 0 Å². The molecule has 4 heteroatoms. The van der Waals surface area contributed by atoms with E-state index < -0.39 is 0 Å². The normalized spacial score (nSPS) is 11.8. The Bertz CT molecular complexity index is 1030. The van der Waals surface area contributed by atoms with Gasteiger partial charge >= 0.3 is 0 Å². The molecule has 1 unspecified atom stereocenters. The second kappa shape index (κ2) is 16.1. The van der Waals surface area contributed by atoms with Gasteiger partial charge in [0, 0.05) is 24.2 Å². The van der Waals surface area contributed by atoms with E-state index in [-0.39, 0.29) is 23.6 Å². The van der Waals surface area contributed by atoms with Crippen molar-refractivity contribution < 1.29 is 10.2 Å². The highest BCUT2D eigenvalue weighted by Crippen LogP contribution is 2.31. The number of hydrogen-bond acceptors (Lipinski definition) is 4. The maximum atomic E-state index is 10.2. The van der Waals surface area contributed by atoms with Crippen LogP contribution in [0.2, 0.25) is 0 Å². The van der Waals surface area contributed by atoms with Crippen LogP contribution < -0.4 is 10.6 Å². The lowest BCUT2D eigenvalue weighted by Crippen LogP contribution is -2.35. The van der Waals surface area contributed by atoms with E-state index in [9.17, 15) is 10.2 Å². The first-order valence-electron chi connectivity index (χ1n) is 12.8. The average molecular weight is 485 g/mol. The highest BCUT2D eigenvalue weighted by molar-refractivity contribution is 5.34. The van der Waals surface area contributed by atoms with E-state index in [4.69, 9.17) is 0 Å². The number of phenols is 2. The van der Waals surface area contributed by atoms with Crippen molar-refractivity contribution in [3.8, 4) is 11.5 Å². The van der Waals surface area contributed by atoms with Crippen LogP contribution in [-0.4, -0.2) is 10.2 Å². The van der Waals surface area contributed by atoms with Crippen LogP contribution >= 0.6 is 0 Å². The third-order valence-corrected chi connectivity index (χ3v) is 5.66. The number of hydrogen-bond donors (Lipinski definition) is 4. The number of phenolic OH excluding ortho intramolecular Hbond substituents is 2. The molecular weight excluding hydrogens is 444 g/mol. The van der Waals surface area contributed by atoms with Gasteiger partial charge in [-0.3, -0.25) is 0 Å². The molecule has 0 heterocycles. The van der Waals surface area contributed by atoms with Gasteiger partial charge in [-0.25, -0.2) is 0 Å². The number of para-hydroxylation sites is 2. The van der Waals surface area contributed by atoms with E-state index in [0.717, 1.165) is 22.3 Å². The molecule has 4 aromatic rings. The second-order valence-electron chi connectivity index (χ2n) is 7.80. The lowest BCUT2D eigenvalue weighted by atomic mass is 9.92. The van der Waals surface area contributed by atoms with Crippen molar-refractivity contribution in [2.75, 3.05) is 0 Å². The van der Waals surface area contributed by atoms with Crippen LogP contribution in [-0.2, 0) is 13.1 Å². The van der Waals surface area contributed by atoms with Gasteiger partial charge in [-0.05, 0) is 23.3 Å². The predicted octanol–water partition coefficient (Wildman–Crippen LogP) is 7.51. The zero-order valence-corrected chi connectivity index (χ0v) is 21.9. The minimum Gasteiger partial charge on any atom is -0.508 e. The predicted molar refractivity (Wildman–Crippen MR) is 151 cm³/mol. The first-order valence-corrected chi connectivity index (χ1v) is 12.8. The van der Waals surface area contributed by atoms with Crippen LogP contribution in [0.3, 0.4) is 0 Å². The molecule has 0 aliphatic carbocycles. The van der Waals surface area contributed by atoms with E-state index in [1.807, 2.05) is 100 Å². The molecule has 0 amide bonds. The zero-order valence-electron chi connectivity index (χ0n) is 21.9. The Morgan fingerprint density at radius 3 is 1.11 bits per heavy atom. The zero-order chi connectivity index (χ0) is 26.2. The standard InChI is InChI=1S/C28H28N2O2.2C2H6/c31-25-17-9-7-15-23(25)19-29-27(21-11-3-1-4-12-21)28(22-13-5-2-6-14-22)30-20-24-16-8-10-18-26(24)32;2*1-2/h1-18,27-32H,19-20H2;2*1-2H3/t27-,28?;;/m0../s1. The van der Waals surface area contributed by atoms with Crippen LogP contribution in [0.1, 0.15) is 62.0 Å².